The smallest absolute Gasteiger partial charge is 0.408 e. The molecule has 0 aliphatic rings. The number of hydrogen-bond donors (Lipinski definition) is 1. The number of alkyl carbamates (subject to hydrolysis) is 1. The lowest BCUT2D eigenvalue weighted by Gasteiger charge is -2.43. The molecule has 0 saturated heterocycles. The third-order valence-electron chi connectivity index (χ3n) is 3.91. The van der Waals surface area contributed by atoms with Crippen molar-refractivity contribution >= 4 is 6.09 Å². The monoisotopic (exact) mass is 325 g/mol. The summed E-state index contributed by atoms with van der Waals surface area (Å²) in [6, 6.07) is 0. The van der Waals surface area contributed by atoms with E-state index in [4.69, 9.17) is 9.47 Å². The predicted molar refractivity (Wildman–Crippen MR) is 88.7 cm³/mol. The van der Waals surface area contributed by atoms with Gasteiger partial charge < -0.3 is 14.8 Å². The van der Waals surface area contributed by atoms with Crippen LogP contribution >= 0.6 is 0 Å². The molecule has 0 aliphatic carbocycles. The molecule has 1 N–H and O–H groups in total. The number of carbonyl (C=O) groups excluding carboxylic acids is 1. The summed E-state index contributed by atoms with van der Waals surface area (Å²) in [4.78, 5) is 36.1. The van der Waals surface area contributed by atoms with Gasteiger partial charge in [0.1, 0.15) is 5.60 Å². The lowest BCUT2D eigenvalue weighted by atomic mass is 9.69. The molecule has 23 heavy (non-hydrogen) atoms. The highest BCUT2D eigenvalue weighted by Gasteiger charge is 2.48. The van der Waals surface area contributed by atoms with E-state index in [0.29, 0.717) is 0 Å². The first-order chi connectivity index (χ1) is 10.2. The lowest BCUT2D eigenvalue weighted by Crippen LogP contribution is -2.59. The molecule has 0 saturated carbocycles. The van der Waals surface area contributed by atoms with Gasteiger partial charge in [-0.2, -0.15) is 0 Å². The summed E-state index contributed by atoms with van der Waals surface area (Å²) < 4.78 is 10.6. The highest BCUT2D eigenvalue weighted by molar-refractivity contribution is 5.70. The minimum Gasteiger partial charge on any atom is -0.489 e. The van der Waals surface area contributed by atoms with Gasteiger partial charge in [-0.05, 0) is 40.0 Å². The predicted octanol–water partition coefficient (Wildman–Crippen LogP) is 2.47. The Kier molecular flexibility index (Phi) is 4.99. The molecular formula is C17H27NO5. The summed E-state index contributed by atoms with van der Waals surface area (Å²) in [5.41, 5.74) is -3.38. The summed E-state index contributed by atoms with van der Waals surface area (Å²) in [7, 11) is 0. The molecule has 6 heteroatoms. The van der Waals surface area contributed by atoms with Gasteiger partial charge >= 0.3 is 6.09 Å². The van der Waals surface area contributed by atoms with Crippen LogP contribution in [0.25, 0.3) is 0 Å². The largest absolute Gasteiger partial charge is 0.489 e. The summed E-state index contributed by atoms with van der Waals surface area (Å²) in [5.74, 6) is 0.0333. The van der Waals surface area contributed by atoms with Crippen LogP contribution in [0.2, 0.25) is 0 Å². The van der Waals surface area contributed by atoms with Gasteiger partial charge in [-0.3, -0.25) is 9.59 Å². The van der Waals surface area contributed by atoms with Gasteiger partial charge in [0.25, 0.3) is 5.43 Å². The molecule has 0 aliphatic heterocycles. The fraction of sp³-hybridized carbons (Fsp3) is 0.706. The van der Waals surface area contributed by atoms with Crippen molar-refractivity contribution in [3.63, 3.8) is 0 Å². The Morgan fingerprint density at radius 1 is 1.00 bits per heavy atom. The maximum atomic E-state index is 12.2. The van der Waals surface area contributed by atoms with E-state index in [9.17, 15) is 14.4 Å². The second-order valence-electron chi connectivity index (χ2n) is 7.80. The Balaban J connectivity index is 3.31. The quantitative estimate of drug-likeness (QED) is 0.860. The molecule has 1 aromatic rings. The molecule has 6 nitrogen and oxygen atoms in total. The van der Waals surface area contributed by atoms with Crippen LogP contribution in [-0.4, -0.2) is 18.3 Å². The summed E-state index contributed by atoms with van der Waals surface area (Å²) in [6.07, 6.45) is -0.648. The van der Waals surface area contributed by atoms with E-state index in [1.165, 1.54) is 0 Å². The van der Waals surface area contributed by atoms with Crippen molar-refractivity contribution in [2.75, 3.05) is 6.61 Å². The first kappa shape index (κ1) is 19.2. The van der Waals surface area contributed by atoms with Crippen LogP contribution in [0.15, 0.2) is 9.59 Å². The number of amides is 1. The molecule has 0 fully saturated rings. The van der Waals surface area contributed by atoms with Crippen LogP contribution in [-0.2, 0) is 10.3 Å². The van der Waals surface area contributed by atoms with Crippen LogP contribution in [0.4, 0.5) is 4.79 Å². The van der Waals surface area contributed by atoms with E-state index in [1.54, 1.807) is 34.6 Å². The molecule has 1 aromatic carbocycles. The topological polar surface area (TPSA) is 81.7 Å². The van der Waals surface area contributed by atoms with Gasteiger partial charge in [-0.1, -0.05) is 20.8 Å². The third kappa shape index (κ3) is 3.74. The zero-order valence-corrected chi connectivity index (χ0v) is 15.2. The molecule has 0 aromatic heterocycles. The molecule has 1 unspecified atom stereocenters. The van der Waals surface area contributed by atoms with E-state index in [1.807, 2.05) is 20.8 Å². The Hall–Kier alpha value is -1.85. The van der Waals surface area contributed by atoms with Crippen LogP contribution < -0.4 is 20.9 Å². The number of carbonyl (C=O) groups is 1. The molecule has 0 radical (unpaired) electrons. The number of ether oxygens (including phenoxy) is 2. The standard InChI is InChI=1S/C17H27NO5/c1-9-22-13-10(11(19)12(13)20)17(8,15(2,3)4)18-14(21)23-16(5,6)7/h9H2,1-8H3,(H,18,21). The summed E-state index contributed by atoms with van der Waals surface area (Å²) in [5, 5.41) is 2.76. The molecular weight excluding hydrogens is 298 g/mol. The molecule has 0 bridgehead atoms. The van der Waals surface area contributed by atoms with E-state index in [-0.39, 0.29) is 17.9 Å². The highest BCUT2D eigenvalue weighted by atomic mass is 16.6. The second-order valence-corrected chi connectivity index (χ2v) is 7.80. The van der Waals surface area contributed by atoms with Crippen molar-refractivity contribution in [2.45, 2.75) is 66.5 Å². The Morgan fingerprint density at radius 2 is 1.52 bits per heavy atom. The first-order valence-corrected chi connectivity index (χ1v) is 7.72. The first-order valence-electron chi connectivity index (χ1n) is 7.72. The maximum Gasteiger partial charge on any atom is 0.408 e. The van der Waals surface area contributed by atoms with Crippen molar-refractivity contribution in [1.82, 2.24) is 5.32 Å². The van der Waals surface area contributed by atoms with Gasteiger partial charge in [0.15, 0.2) is 5.75 Å². The van der Waals surface area contributed by atoms with E-state index < -0.39 is 33.5 Å². The Morgan fingerprint density at radius 3 is 1.91 bits per heavy atom. The fourth-order valence-corrected chi connectivity index (χ4v) is 2.24. The average molecular weight is 325 g/mol. The second kappa shape index (κ2) is 5.98. The van der Waals surface area contributed by atoms with Crippen LogP contribution in [0, 0.1) is 5.41 Å². The molecule has 0 spiro atoms. The SMILES string of the molecule is CCOc1c(C(C)(NC(=O)OC(C)(C)C)C(C)(C)C)c(=O)c1=O. The summed E-state index contributed by atoms with van der Waals surface area (Å²) >= 11 is 0. The molecule has 1 atom stereocenters. The summed E-state index contributed by atoms with van der Waals surface area (Å²) in [6.45, 7) is 14.6. The van der Waals surface area contributed by atoms with Gasteiger partial charge in [0.05, 0.1) is 17.7 Å². The zero-order chi connectivity index (χ0) is 18.2. The average Bonchev–Trinajstić information content (AvgIpc) is 2.33. The van der Waals surface area contributed by atoms with Crippen molar-refractivity contribution in [1.29, 1.82) is 0 Å². The van der Waals surface area contributed by atoms with Crippen molar-refractivity contribution in [3.05, 3.63) is 26.0 Å². The van der Waals surface area contributed by atoms with E-state index >= 15 is 0 Å². The third-order valence-corrected chi connectivity index (χ3v) is 3.91. The van der Waals surface area contributed by atoms with Crippen molar-refractivity contribution in [3.8, 4) is 5.75 Å². The zero-order valence-electron chi connectivity index (χ0n) is 15.2. The highest BCUT2D eigenvalue weighted by Crippen LogP contribution is 2.41. The molecule has 130 valence electrons. The van der Waals surface area contributed by atoms with Crippen LogP contribution in [0.3, 0.4) is 0 Å². The van der Waals surface area contributed by atoms with E-state index in [0.717, 1.165) is 0 Å². The Labute approximate surface area is 136 Å². The molecule has 0 heterocycles. The van der Waals surface area contributed by atoms with Gasteiger partial charge in [-0.25, -0.2) is 4.79 Å². The maximum absolute atomic E-state index is 12.2. The fourth-order valence-electron chi connectivity index (χ4n) is 2.24. The normalized spacial score (nSPS) is 15.1. The molecule has 1 amide bonds. The minimum atomic E-state index is -1.09. The lowest BCUT2D eigenvalue weighted by molar-refractivity contribution is 0.0348. The van der Waals surface area contributed by atoms with Crippen molar-refractivity contribution in [2.24, 2.45) is 5.41 Å². The van der Waals surface area contributed by atoms with Crippen LogP contribution in [0.5, 0.6) is 5.75 Å². The number of hydrogen-bond acceptors (Lipinski definition) is 5. The van der Waals surface area contributed by atoms with E-state index in [2.05, 4.69) is 5.32 Å². The van der Waals surface area contributed by atoms with Gasteiger partial charge in [0.2, 0.25) is 5.43 Å². The molecule has 1 rings (SSSR count). The number of nitrogens with one attached hydrogen (secondary N) is 1. The van der Waals surface area contributed by atoms with Gasteiger partial charge in [0, 0.05) is 0 Å². The minimum absolute atomic E-state index is 0.0333. The van der Waals surface area contributed by atoms with Crippen LogP contribution in [0.1, 0.15) is 61.0 Å². The van der Waals surface area contributed by atoms with Gasteiger partial charge in [-0.15, -0.1) is 0 Å². The van der Waals surface area contributed by atoms with Crippen molar-refractivity contribution < 1.29 is 14.3 Å². The Bertz CT molecular complexity index is 656. The number of rotatable bonds is 4.